The molecule has 0 aliphatic rings. The Morgan fingerprint density at radius 3 is 2.86 bits per heavy atom. The molecule has 0 aromatic heterocycles. The predicted molar refractivity (Wildman–Crippen MR) is 57.9 cm³/mol. The second-order valence-corrected chi connectivity index (χ2v) is 3.42. The van der Waals surface area contributed by atoms with Crippen molar-refractivity contribution in [3.8, 4) is 12.3 Å². The van der Waals surface area contributed by atoms with Crippen LogP contribution in [0.15, 0.2) is 28.7 Å². The average molecular weight is 253 g/mol. The molecule has 3 heteroatoms. The number of hydrogen-bond donors (Lipinski definition) is 0. The van der Waals surface area contributed by atoms with Crippen LogP contribution in [-0.4, -0.2) is 12.6 Å². The van der Waals surface area contributed by atoms with Gasteiger partial charge in [0, 0.05) is 10.9 Å². The van der Waals surface area contributed by atoms with Crippen LogP contribution >= 0.6 is 15.9 Å². The summed E-state index contributed by atoms with van der Waals surface area (Å²) in [6, 6.07) is 7.10. The van der Waals surface area contributed by atoms with Crippen LogP contribution < -0.4 is 0 Å². The van der Waals surface area contributed by atoms with Crippen LogP contribution in [0, 0.1) is 12.3 Å². The summed E-state index contributed by atoms with van der Waals surface area (Å²) in [6.07, 6.45) is 5.47. The first kappa shape index (κ1) is 10.8. The Bertz CT molecular complexity index is 366. The van der Waals surface area contributed by atoms with E-state index in [0.717, 1.165) is 4.47 Å². The lowest BCUT2D eigenvalue weighted by atomic mass is 10.2. The van der Waals surface area contributed by atoms with Gasteiger partial charge in [-0.2, -0.15) is 0 Å². The molecule has 0 fully saturated rings. The topological polar surface area (TPSA) is 26.3 Å². The fraction of sp³-hybridized carbons (Fsp3) is 0.182. The maximum Gasteiger partial charge on any atom is 0.339 e. The van der Waals surface area contributed by atoms with Crippen molar-refractivity contribution < 1.29 is 9.53 Å². The van der Waals surface area contributed by atoms with Gasteiger partial charge in [0.05, 0.1) is 5.56 Å². The highest BCUT2D eigenvalue weighted by atomic mass is 79.9. The molecule has 0 aliphatic carbocycles. The highest BCUT2D eigenvalue weighted by Gasteiger charge is 2.09. The van der Waals surface area contributed by atoms with Gasteiger partial charge in [0.15, 0.2) is 0 Å². The summed E-state index contributed by atoms with van der Waals surface area (Å²) in [6.45, 7) is 0.261. The Morgan fingerprint density at radius 1 is 1.50 bits per heavy atom. The van der Waals surface area contributed by atoms with Gasteiger partial charge >= 0.3 is 5.97 Å². The van der Waals surface area contributed by atoms with E-state index in [2.05, 4.69) is 21.9 Å². The molecular formula is C11H9BrO2. The van der Waals surface area contributed by atoms with E-state index >= 15 is 0 Å². The van der Waals surface area contributed by atoms with Gasteiger partial charge < -0.3 is 4.74 Å². The molecule has 0 bridgehead atoms. The fourth-order valence-corrected chi connectivity index (χ4v) is 1.35. The van der Waals surface area contributed by atoms with Crippen molar-refractivity contribution in [1.29, 1.82) is 0 Å². The molecule has 0 atom stereocenters. The number of terminal acetylenes is 1. The van der Waals surface area contributed by atoms with Crippen LogP contribution in [0.2, 0.25) is 0 Å². The van der Waals surface area contributed by atoms with Crippen LogP contribution in [0.1, 0.15) is 16.8 Å². The van der Waals surface area contributed by atoms with E-state index in [1.165, 1.54) is 0 Å². The third-order valence-corrected chi connectivity index (χ3v) is 2.26. The first-order valence-corrected chi connectivity index (χ1v) is 4.90. The van der Waals surface area contributed by atoms with Crippen LogP contribution in [0.5, 0.6) is 0 Å². The number of rotatable bonds is 3. The zero-order valence-corrected chi connectivity index (χ0v) is 9.08. The van der Waals surface area contributed by atoms with Gasteiger partial charge in [0.25, 0.3) is 0 Å². The number of halogens is 1. The summed E-state index contributed by atoms with van der Waals surface area (Å²) in [5.74, 6) is 2.05. The molecule has 2 nitrogen and oxygen atoms in total. The van der Waals surface area contributed by atoms with Crippen molar-refractivity contribution in [3.63, 3.8) is 0 Å². The normalized spacial score (nSPS) is 9.14. The molecular weight excluding hydrogens is 244 g/mol. The van der Waals surface area contributed by atoms with Crippen molar-refractivity contribution >= 4 is 21.9 Å². The van der Waals surface area contributed by atoms with Crippen LogP contribution in [0.3, 0.4) is 0 Å². The Kier molecular flexibility index (Phi) is 4.21. The molecule has 14 heavy (non-hydrogen) atoms. The summed E-state index contributed by atoms with van der Waals surface area (Å²) in [4.78, 5) is 11.4. The summed E-state index contributed by atoms with van der Waals surface area (Å²) in [5.41, 5.74) is 0.518. The van der Waals surface area contributed by atoms with Gasteiger partial charge in [0.2, 0.25) is 0 Å². The minimum Gasteiger partial charge on any atom is -0.461 e. The van der Waals surface area contributed by atoms with E-state index in [4.69, 9.17) is 11.2 Å². The Labute approximate surface area is 91.4 Å². The molecule has 1 aromatic rings. The third kappa shape index (κ3) is 2.90. The largest absolute Gasteiger partial charge is 0.461 e. The lowest BCUT2D eigenvalue weighted by molar-refractivity contribution is 0.0512. The predicted octanol–water partition coefficient (Wildman–Crippen LogP) is 2.63. The first-order valence-electron chi connectivity index (χ1n) is 4.11. The molecule has 0 N–H and O–H groups in total. The van der Waals surface area contributed by atoms with E-state index < -0.39 is 0 Å². The molecule has 0 aliphatic heterocycles. The van der Waals surface area contributed by atoms with Crippen LogP contribution in [-0.2, 0) is 4.74 Å². The van der Waals surface area contributed by atoms with Gasteiger partial charge in [-0.25, -0.2) is 4.79 Å². The second kappa shape index (κ2) is 5.46. The van der Waals surface area contributed by atoms with E-state index in [1.54, 1.807) is 18.2 Å². The van der Waals surface area contributed by atoms with Crippen molar-refractivity contribution in [3.05, 3.63) is 34.3 Å². The van der Waals surface area contributed by atoms with E-state index in [9.17, 15) is 4.79 Å². The SMILES string of the molecule is C#CCCOC(=O)c1ccccc1Br. The number of carbonyl (C=O) groups is 1. The molecule has 0 radical (unpaired) electrons. The lowest BCUT2D eigenvalue weighted by Crippen LogP contribution is -2.06. The zero-order chi connectivity index (χ0) is 10.4. The number of ether oxygens (including phenoxy) is 1. The Hall–Kier alpha value is -1.27. The van der Waals surface area contributed by atoms with Crippen LogP contribution in [0.25, 0.3) is 0 Å². The van der Waals surface area contributed by atoms with Crippen molar-refractivity contribution in [2.45, 2.75) is 6.42 Å². The van der Waals surface area contributed by atoms with Gasteiger partial charge in [-0.15, -0.1) is 12.3 Å². The maximum absolute atomic E-state index is 11.4. The third-order valence-electron chi connectivity index (χ3n) is 1.57. The number of hydrogen-bond acceptors (Lipinski definition) is 2. The lowest BCUT2D eigenvalue weighted by Gasteiger charge is -2.03. The summed E-state index contributed by atoms with van der Waals surface area (Å²) >= 11 is 3.26. The number of benzene rings is 1. The summed E-state index contributed by atoms with van der Waals surface area (Å²) in [7, 11) is 0. The minimum atomic E-state index is -0.354. The number of carbonyl (C=O) groups excluding carboxylic acids is 1. The van der Waals surface area contributed by atoms with Crippen LogP contribution in [0.4, 0.5) is 0 Å². The van der Waals surface area contributed by atoms with Gasteiger partial charge in [-0.1, -0.05) is 12.1 Å². The second-order valence-electron chi connectivity index (χ2n) is 2.57. The fourth-order valence-electron chi connectivity index (χ4n) is 0.907. The Morgan fingerprint density at radius 2 is 2.21 bits per heavy atom. The molecule has 0 heterocycles. The molecule has 0 saturated heterocycles. The molecule has 72 valence electrons. The van der Waals surface area contributed by atoms with Crippen molar-refractivity contribution in [1.82, 2.24) is 0 Å². The summed E-state index contributed by atoms with van der Waals surface area (Å²) in [5, 5.41) is 0. The monoisotopic (exact) mass is 252 g/mol. The smallest absolute Gasteiger partial charge is 0.339 e. The first-order chi connectivity index (χ1) is 6.75. The molecule has 0 unspecified atom stereocenters. The summed E-state index contributed by atoms with van der Waals surface area (Å²) < 4.78 is 5.67. The van der Waals surface area contributed by atoms with E-state index in [-0.39, 0.29) is 12.6 Å². The van der Waals surface area contributed by atoms with Gasteiger partial charge in [-0.05, 0) is 28.1 Å². The van der Waals surface area contributed by atoms with E-state index in [0.29, 0.717) is 12.0 Å². The van der Waals surface area contributed by atoms with E-state index in [1.807, 2.05) is 6.07 Å². The standard InChI is InChI=1S/C11H9BrO2/c1-2-3-8-14-11(13)9-6-4-5-7-10(9)12/h1,4-7H,3,8H2. The molecule has 1 rings (SSSR count). The highest BCUT2D eigenvalue weighted by Crippen LogP contribution is 2.16. The quantitative estimate of drug-likeness (QED) is 0.470. The molecule has 0 saturated carbocycles. The zero-order valence-electron chi connectivity index (χ0n) is 7.50. The highest BCUT2D eigenvalue weighted by molar-refractivity contribution is 9.10. The number of esters is 1. The molecule has 1 aromatic carbocycles. The Balaban J connectivity index is 2.62. The van der Waals surface area contributed by atoms with Gasteiger partial charge in [0.1, 0.15) is 6.61 Å². The average Bonchev–Trinajstić information content (AvgIpc) is 2.18. The minimum absolute atomic E-state index is 0.261. The van der Waals surface area contributed by atoms with Crippen molar-refractivity contribution in [2.24, 2.45) is 0 Å². The molecule has 0 spiro atoms. The molecule has 0 amide bonds. The van der Waals surface area contributed by atoms with Gasteiger partial charge in [-0.3, -0.25) is 0 Å². The van der Waals surface area contributed by atoms with Crippen molar-refractivity contribution in [2.75, 3.05) is 6.61 Å². The maximum atomic E-state index is 11.4.